The molecule has 0 radical (unpaired) electrons. The largest absolute Gasteiger partial charge is 0.416 e. The molecule has 0 aromatic heterocycles. The molecule has 1 saturated heterocycles. The molecule has 0 saturated carbocycles. The van der Waals surface area contributed by atoms with E-state index >= 15 is 0 Å². The zero-order valence-electron chi connectivity index (χ0n) is 13.5. The fraction of sp³-hybridized carbons (Fsp3) is 0.235. The summed E-state index contributed by atoms with van der Waals surface area (Å²) in [4.78, 5) is 12.2. The second-order valence-corrected chi connectivity index (χ2v) is 7.83. The van der Waals surface area contributed by atoms with E-state index in [-0.39, 0.29) is 17.0 Å². The van der Waals surface area contributed by atoms with E-state index in [2.05, 4.69) is 5.32 Å². The molecular weight excluding hydrogens is 369 g/mol. The molecule has 0 spiro atoms. The molecule has 0 unspecified atom stereocenters. The highest BCUT2D eigenvalue weighted by Gasteiger charge is 2.30. The van der Waals surface area contributed by atoms with Gasteiger partial charge in [-0.15, -0.1) is 0 Å². The van der Waals surface area contributed by atoms with E-state index in [1.807, 2.05) is 0 Å². The fourth-order valence-electron chi connectivity index (χ4n) is 2.65. The van der Waals surface area contributed by atoms with Crippen molar-refractivity contribution < 1.29 is 26.4 Å². The molecule has 1 aliphatic heterocycles. The minimum atomic E-state index is -4.44. The predicted molar refractivity (Wildman–Crippen MR) is 91.6 cm³/mol. The molecule has 138 valence electrons. The highest BCUT2D eigenvalue weighted by Crippen LogP contribution is 2.30. The topological polar surface area (TPSA) is 66.5 Å². The van der Waals surface area contributed by atoms with Crippen molar-refractivity contribution in [2.24, 2.45) is 0 Å². The Labute approximate surface area is 148 Å². The molecule has 9 heteroatoms. The zero-order chi connectivity index (χ0) is 18.9. The van der Waals surface area contributed by atoms with Crippen molar-refractivity contribution in [1.29, 1.82) is 0 Å². The third-order valence-electron chi connectivity index (χ3n) is 3.99. The number of carbonyl (C=O) groups is 1. The number of benzene rings is 2. The van der Waals surface area contributed by atoms with Crippen LogP contribution in [0.1, 0.15) is 22.3 Å². The fourth-order valence-corrected chi connectivity index (χ4v) is 4.22. The minimum absolute atomic E-state index is 0.100. The highest BCUT2D eigenvalue weighted by molar-refractivity contribution is 7.93. The smallest absolute Gasteiger partial charge is 0.322 e. The summed E-state index contributed by atoms with van der Waals surface area (Å²) in [5.41, 5.74) is 0.180. The average molecular weight is 384 g/mol. The monoisotopic (exact) mass is 384 g/mol. The van der Waals surface area contributed by atoms with Gasteiger partial charge in [0.15, 0.2) is 0 Å². The summed E-state index contributed by atoms with van der Waals surface area (Å²) in [7, 11) is -3.30. The third-order valence-corrected chi connectivity index (χ3v) is 5.86. The van der Waals surface area contributed by atoms with Crippen LogP contribution in [0.3, 0.4) is 0 Å². The Morgan fingerprint density at radius 2 is 1.62 bits per heavy atom. The average Bonchev–Trinajstić information content (AvgIpc) is 2.94. The third kappa shape index (κ3) is 3.82. The number of sulfonamides is 1. The lowest BCUT2D eigenvalue weighted by atomic mass is 10.1. The lowest BCUT2D eigenvalue weighted by Gasteiger charge is -2.17. The summed E-state index contributed by atoms with van der Waals surface area (Å²) >= 11 is 0. The first-order valence-corrected chi connectivity index (χ1v) is 9.37. The van der Waals surface area contributed by atoms with Crippen LogP contribution in [-0.4, -0.2) is 26.6 Å². The molecule has 2 aromatic carbocycles. The number of amides is 1. The number of nitrogens with zero attached hydrogens (tertiary/aromatic N) is 1. The number of anilines is 2. The SMILES string of the molecule is O=C(Nc1ccc(C(F)(F)F)cc1)c1ccc(N2CCCS2(=O)=O)cc1. The number of alkyl halides is 3. The van der Waals surface area contributed by atoms with Gasteiger partial charge in [-0.25, -0.2) is 8.42 Å². The van der Waals surface area contributed by atoms with E-state index in [0.29, 0.717) is 18.7 Å². The standard InChI is InChI=1S/C17H15F3N2O3S/c18-17(19,20)13-4-6-14(7-5-13)21-16(23)12-2-8-15(9-3-12)22-10-1-11-26(22,24)25/h2-9H,1,10-11H2,(H,21,23). The van der Waals surface area contributed by atoms with Crippen LogP contribution in [0.15, 0.2) is 48.5 Å². The summed E-state index contributed by atoms with van der Waals surface area (Å²) in [6, 6.07) is 10.1. The molecule has 26 heavy (non-hydrogen) atoms. The van der Waals surface area contributed by atoms with Gasteiger partial charge in [0.25, 0.3) is 5.91 Å². The van der Waals surface area contributed by atoms with Crippen LogP contribution in [0, 0.1) is 0 Å². The maximum absolute atomic E-state index is 12.5. The molecule has 1 heterocycles. The van der Waals surface area contributed by atoms with Gasteiger partial charge >= 0.3 is 6.18 Å². The molecule has 5 nitrogen and oxygen atoms in total. The first kappa shape index (κ1) is 18.2. The Morgan fingerprint density at radius 1 is 1.00 bits per heavy atom. The number of nitrogens with one attached hydrogen (secondary N) is 1. The first-order chi connectivity index (χ1) is 12.2. The van der Waals surface area contributed by atoms with Gasteiger partial charge in [0.2, 0.25) is 10.0 Å². The molecule has 0 bridgehead atoms. The Kier molecular flexibility index (Phi) is 4.66. The van der Waals surface area contributed by atoms with Gasteiger partial charge in [-0.1, -0.05) is 0 Å². The van der Waals surface area contributed by atoms with Crippen LogP contribution in [0.5, 0.6) is 0 Å². The van der Waals surface area contributed by atoms with E-state index in [1.54, 1.807) is 0 Å². The molecule has 0 atom stereocenters. The Balaban J connectivity index is 1.70. The summed E-state index contributed by atoms with van der Waals surface area (Å²) in [6.45, 7) is 0.402. The lowest BCUT2D eigenvalue weighted by molar-refractivity contribution is -0.137. The van der Waals surface area contributed by atoms with E-state index in [1.165, 1.54) is 40.7 Å². The molecule has 1 N–H and O–H groups in total. The predicted octanol–water partition coefficient (Wildman–Crippen LogP) is 3.50. The Bertz CT molecular complexity index is 908. The summed E-state index contributed by atoms with van der Waals surface area (Å²) in [5, 5.41) is 2.50. The van der Waals surface area contributed by atoms with Gasteiger partial charge in [0.1, 0.15) is 0 Å². The van der Waals surface area contributed by atoms with E-state index in [0.717, 1.165) is 12.1 Å². The number of hydrogen-bond acceptors (Lipinski definition) is 3. The van der Waals surface area contributed by atoms with Crippen molar-refractivity contribution in [2.75, 3.05) is 21.9 Å². The summed E-state index contributed by atoms with van der Waals surface area (Å²) in [5.74, 6) is -0.399. The maximum atomic E-state index is 12.5. The second kappa shape index (κ2) is 6.64. The van der Waals surface area contributed by atoms with Crippen LogP contribution >= 0.6 is 0 Å². The number of rotatable bonds is 3. The Hall–Kier alpha value is -2.55. The minimum Gasteiger partial charge on any atom is -0.322 e. The second-order valence-electron chi connectivity index (χ2n) is 5.82. The number of halogens is 3. The molecule has 0 aliphatic carbocycles. The molecule has 1 fully saturated rings. The van der Waals surface area contributed by atoms with Crippen LogP contribution in [-0.2, 0) is 16.2 Å². The van der Waals surface area contributed by atoms with Crippen molar-refractivity contribution in [1.82, 2.24) is 0 Å². The van der Waals surface area contributed by atoms with Gasteiger partial charge in [0.05, 0.1) is 17.0 Å². The number of carbonyl (C=O) groups excluding carboxylic acids is 1. The van der Waals surface area contributed by atoms with Crippen molar-refractivity contribution in [3.63, 3.8) is 0 Å². The quantitative estimate of drug-likeness (QED) is 0.881. The lowest BCUT2D eigenvalue weighted by Crippen LogP contribution is -2.25. The van der Waals surface area contributed by atoms with Crippen LogP contribution in [0.2, 0.25) is 0 Å². The maximum Gasteiger partial charge on any atom is 0.416 e. The highest BCUT2D eigenvalue weighted by atomic mass is 32.2. The first-order valence-electron chi connectivity index (χ1n) is 7.76. The normalized spacial score (nSPS) is 16.5. The summed E-state index contributed by atoms with van der Waals surface area (Å²) in [6.07, 6.45) is -3.88. The van der Waals surface area contributed by atoms with Crippen molar-refractivity contribution in [2.45, 2.75) is 12.6 Å². The van der Waals surface area contributed by atoms with E-state index in [9.17, 15) is 26.4 Å². The van der Waals surface area contributed by atoms with Gasteiger partial charge < -0.3 is 5.32 Å². The zero-order valence-corrected chi connectivity index (χ0v) is 14.3. The molecule has 3 rings (SSSR count). The van der Waals surface area contributed by atoms with Crippen LogP contribution in [0.4, 0.5) is 24.5 Å². The van der Waals surface area contributed by atoms with Crippen molar-refractivity contribution in [3.05, 3.63) is 59.7 Å². The van der Waals surface area contributed by atoms with E-state index < -0.39 is 27.7 Å². The van der Waals surface area contributed by atoms with Gasteiger partial charge in [-0.05, 0) is 55.0 Å². The van der Waals surface area contributed by atoms with Gasteiger partial charge in [-0.2, -0.15) is 13.2 Å². The molecule has 1 aliphatic rings. The van der Waals surface area contributed by atoms with Gasteiger partial charge in [0, 0.05) is 17.8 Å². The molecule has 1 amide bonds. The van der Waals surface area contributed by atoms with Crippen molar-refractivity contribution in [3.8, 4) is 0 Å². The van der Waals surface area contributed by atoms with Gasteiger partial charge in [-0.3, -0.25) is 9.10 Å². The van der Waals surface area contributed by atoms with Crippen LogP contribution < -0.4 is 9.62 Å². The Morgan fingerprint density at radius 3 is 2.12 bits per heavy atom. The molecular formula is C17H15F3N2O3S. The summed E-state index contributed by atoms with van der Waals surface area (Å²) < 4.78 is 62.7. The van der Waals surface area contributed by atoms with Crippen LogP contribution in [0.25, 0.3) is 0 Å². The van der Waals surface area contributed by atoms with Crippen molar-refractivity contribution >= 4 is 27.3 Å². The number of hydrogen-bond donors (Lipinski definition) is 1. The molecule has 2 aromatic rings. The van der Waals surface area contributed by atoms with E-state index in [4.69, 9.17) is 0 Å².